The average molecular weight is 268 g/mol. The smallest absolute Gasteiger partial charge is 0.250 e. The predicted molar refractivity (Wildman–Crippen MR) is 74.3 cm³/mol. The summed E-state index contributed by atoms with van der Waals surface area (Å²) in [6, 6.07) is 5.66. The monoisotopic (exact) mass is 267 g/mol. The Morgan fingerprint density at radius 2 is 2.33 bits per heavy atom. The number of primary amides is 1. The Hall–Kier alpha value is -1.26. The summed E-state index contributed by atoms with van der Waals surface area (Å²) in [6.07, 6.45) is 2.26. The molecular weight excluding hydrogens is 250 g/mol. The molecule has 1 aromatic rings. The third kappa shape index (κ3) is 2.76. The van der Waals surface area contributed by atoms with Crippen molar-refractivity contribution in [3.8, 4) is 0 Å². The summed E-state index contributed by atoms with van der Waals surface area (Å²) in [6.45, 7) is 1.99. The van der Waals surface area contributed by atoms with Gasteiger partial charge in [-0.15, -0.1) is 0 Å². The van der Waals surface area contributed by atoms with E-state index in [1.54, 1.807) is 12.1 Å². The van der Waals surface area contributed by atoms with E-state index < -0.39 is 5.91 Å². The molecule has 2 rings (SSSR count). The minimum atomic E-state index is -0.442. The molecule has 0 aromatic heterocycles. The van der Waals surface area contributed by atoms with Crippen molar-refractivity contribution in [3.63, 3.8) is 0 Å². The van der Waals surface area contributed by atoms with Crippen LogP contribution in [0.1, 0.15) is 23.2 Å². The van der Waals surface area contributed by atoms with Crippen LogP contribution in [0.15, 0.2) is 18.2 Å². The summed E-state index contributed by atoms with van der Waals surface area (Å²) in [5.74, 6) is -0.442. The van der Waals surface area contributed by atoms with Gasteiger partial charge < -0.3 is 16.0 Å². The van der Waals surface area contributed by atoms with Gasteiger partial charge in [-0.1, -0.05) is 11.6 Å². The van der Waals surface area contributed by atoms with E-state index in [9.17, 15) is 4.79 Å². The number of benzene rings is 1. The van der Waals surface area contributed by atoms with Crippen LogP contribution in [0.25, 0.3) is 0 Å². The van der Waals surface area contributed by atoms with Gasteiger partial charge in [0.05, 0.1) is 5.56 Å². The number of carbonyl (C=O) groups is 1. The summed E-state index contributed by atoms with van der Waals surface area (Å²) in [5, 5.41) is 3.89. The van der Waals surface area contributed by atoms with Gasteiger partial charge in [-0.25, -0.2) is 0 Å². The minimum Gasteiger partial charge on any atom is -0.370 e. The van der Waals surface area contributed by atoms with Crippen molar-refractivity contribution in [3.05, 3.63) is 28.8 Å². The number of nitrogens with two attached hydrogens (primary N) is 1. The van der Waals surface area contributed by atoms with Crippen LogP contribution < -0.4 is 16.0 Å². The second-order valence-corrected chi connectivity index (χ2v) is 5.07. The molecule has 1 atom stereocenters. The number of halogens is 1. The number of carbonyl (C=O) groups excluding carboxylic acids is 1. The Morgan fingerprint density at radius 3 is 2.94 bits per heavy atom. The molecule has 1 fully saturated rings. The Balaban J connectivity index is 2.28. The number of nitrogens with zero attached hydrogens (tertiary/aromatic N) is 1. The van der Waals surface area contributed by atoms with E-state index in [4.69, 9.17) is 17.3 Å². The summed E-state index contributed by atoms with van der Waals surface area (Å²) in [4.78, 5) is 13.6. The lowest BCUT2D eigenvalue weighted by Gasteiger charge is -2.34. The van der Waals surface area contributed by atoms with Gasteiger partial charge >= 0.3 is 0 Å². The standard InChI is InChI=1S/C13H18ClN3O/c1-17(10-3-2-6-16-8-10)12-5-4-9(14)7-11(12)13(15)18/h4-5,7,10,16H,2-3,6,8H2,1H3,(H2,15,18). The van der Waals surface area contributed by atoms with E-state index in [-0.39, 0.29) is 0 Å². The normalized spacial score (nSPS) is 19.6. The number of likely N-dealkylation sites (N-methyl/N-ethyl adjacent to an activating group) is 1. The number of hydrogen-bond donors (Lipinski definition) is 2. The fourth-order valence-corrected chi connectivity index (χ4v) is 2.55. The van der Waals surface area contributed by atoms with Gasteiger partial charge in [-0.05, 0) is 37.6 Å². The average Bonchev–Trinajstić information content (AvgIpc) is 2.39. The molecule has 3 N–H and O–H groups in total. The first kappa shape index (κ1) is 13.2. The van der Waals surface area contributed by atoms with E-state index in [1.165, 1.54) is 0 Å². The molecule has 0 aliphatic carbocycles. The molecule has 1 aliphatic heterocycles. The molecule has 1 aromatic carbocycles. The van der Waals surface area contributed by atoms with Crippen LogP contribution in [0.2, 0.25) is 5.02 Å². The van der Waals surface area contributed by atoms with E-state index >= 15 is 0 Å². The van der Waals surface area contributed by atoms with Gasteiger partial charge in [-0.3, -0.25) is 4.79 Å². The lowest BCUT2D eigenvalue weighted by Crippen LogP contribution is -2.44. The van der Waals surface area contributed by atoms with Crippen molar-refractivity contribution in [2.24, 2.45) is 5.73 Å². The molecule has 0 saturated carbocycles. The highest BCUT2D eigenvalue weighted by atomic mass is 35.5. The van der Waals surface area contributed by atoms with Crippen LogP contribution in [-0.2, 0) is 0 Å². The van der Waals surface area contributed by atoms with Crippen molar-refractivity contribution in [1.82, 2.24) is 5.32 Å². The van der Waals surface area contributed by atoms with Gasteiger partial charge in [0.25, 0.3) is 5.91 Å². The van der Waals surface area contributed by atoms with Gasteiger partial charge in [0.15, 0.2) is 0 Å². The maximum Gasteiger partial charge on any atom is 0.250 e. The molecule has 0 radical (unpaired) electrons. The van der Waals surface area contributed by atoms with Crippen molar-refractivity contribution in [1.29, 1.82) is 0 Å². The molecule has 1 amide bonds. The number of rotatable bonds is 3. The van der Waals surface area contributed by atoms with Gasteiger partial charge in [0, 0.05) is 30.3 Å². The number of nitrogens with one attached hydrogen (secondary N) is 1. The zero-order valence-electron chi connectivity index (χ0n) is 10.4. The van der Waals surface area contributed by atoms with Crippen molar-refractivity contribution >= 4 is 23.2 Å². The Bertz CT molecular complexity index is 444. The molecule has 18 heavy (non-hydrogen) atoms. The fraction of sp³-hybridized carbons (Fsp3) is 0.462. The molecular formula is C13H18ClN3O. The first-order valence-corrected chi connectivity index (χ1v) is 6.50. The quantitative estimate of drug-likeness (QED) is 0.875. The maximum atomic E-state index is 11.5. The van der Waals surface area contributed by atoms with Crippen molar-refractivity contribution < 1.29 is 4.79 Å². The number of hydrogen-bond acceptors (Lipinski definition) is 3. The predicted octanol–water partition coefficient (Wildman–Crippen LogP) is 1.63. The Kier molecular flexibility index (Phi) is 4.09. The van der Waals surface area contributed by atoms with Crippen LogP contribution in [0.5, 0.6) is 0 Å². The van der Waals surface area contributed by atoms with Crippen molar-refractivity contribution in [2.45, 2.75) is 18.9 Å². The molecule has 1 heterocycles. The first-order valence-electron chi connectivity index (χ1n) is 6.12. The number of piperidine rings is 1. The summed E-state index contributed by atoms with van der Waals surface area (Å²) < 4.78 is 0. The highest BCUT2D eigenvalue weighted by molar-refractivity contribution is 6.31. The molecule has 98 valence electrons. The van der Waals surface area contributed by atoms with E-state index in [0.717, 1.165) is 31.6 Å². The van der Waals surface area contributed by atoms with Crippen LogP contribution in [0.4, 0.5) is 5.69 Å². The molecule has 1 aliphatic rings. The van der Waals surface area contributed by atoms with E-state index in [1.807, 2.05) is 13.1 Å². The molecule has 0 bridgehead atoms. The molecule has 5 heteroatoms. The largest absolute Gasteiger partial charge is 0.370 e. The zero-order valence-corrected chi connectivity index (χ0v) is 11.2. The SMILES string of the molecule is CN(c1ccc(Cl)cc1C(N)=O)C1CCCNC1. The van der Waals surface area contributed by atoms with Crippen LogP contribution in [-0.4, -0.2) is 32.1 Å². The van der Waals surface area contributed by atoms with Crippen LogP contribution in [0.3, 0.4) is 0 Å². The topological polar surface area (TPSA) is 58.4 Å². The summed E-state index contributed by atoms with van der Waals surface area (Å²) in [7, 11) is 1.99. The highest BCUT2D eigenvalue weighted by Crippen LogP contribution is 2.26. The van der Waals surface area contributed by atoms with E-state index in [0.29, 0.717) is 16.6 Å². The highest BCUT2D eigenvalue weighted by Gasteiger charge is 2.21. The Labute approximate surface area is 112 Å². The molecule has 0 spiro atoms. The van der Waals surface area contributed by atoms with Crippen molar-refractivity contribution in [2.75, 3.05) is 25.0 Å². The summed E-state index contributed by atoms with van der Waals surface area (Å²) >= 11 is 5.91. The van der Waals surface area contributed by atoms with Gasteiger partial charge in [0.1, 0.15) is 0 Å². The minimum absolute atomic E-state index is 0.387. The van der Waals surface area contributed by atoms with Crippen LogP contribution >= 0.6 is 11.6 Å². The zero-order chi connectivity index (χ0) is 13.1. The fourth-order valence-electron chi connectivity index (χ4n) is 2.37. The Morgan fingerprint density at radius 1 is 1.56 bits per heavy atom. The lowest BCUT2D eigenvalue weighted by atomic mass is 10.0. The number of anilines is 1. The van der Waals surface area contributed by atoms with E-state index in [2.05, 4.69) is 10.2 Å². The third-order valence-electron chi connectivity index (χ3n) is 3.42. The second-order valence-electron chi connectivity index (χ2n) is 4.64. The summed E-state index contributed by atoms with van der Waals surface area (Å²) in [5.41, 5.74) is 6.74. The molecule has 1 unspecified atom stereocenters. The second kappa shape index (κ2) is 5.59. The first-order chi connectivity index (χ1) is 8.59. The third-order valence-corrected chi connectivity index (χ3v) is 3.66. The number of amides is 1. The van der Waals surface area contributed by atoms with Gasteiger partial charge in [-0.2, -0.15) is 0 Å². The molecule has 4 nitrogen and oxygen atoms in total. The van der Waals surface area contributed by atoms with Gasteiger partial charge in [0.2, 0.25) is 0 Å². The molecule has 1 saturated heterocycles. The lowest BCUT2D eigenvalue weighted by molar-refractivity contribution is 0.100. The van der Waals surface area contributed by atoms with Crippen LogP contribution in [0, 0.1) is 0 Å². The maximum absolute atomic E-state index is 11.5.